The van der Waals surface area contributed by atoms with E-state index in [9.17, 15) is 4.79 Å². The molecule has 0 spiro atoms. The van der Waals surface area contributed by atoms with Crippen LogP contribution in [0.1, 0.15) is 27.7 Å². The molecule has 0 radical (unpaired) electrons. The van der Waals surface area contributed by atoms with Crippen LogP contribution in [0.3, 0.4) is 0 Å². The zero-order chi connectivity index (χ0) is 9.72. The smallest absolute Gasteiger partial charge is 0.332 e. The van der Waals surface area contributed by atoms with Gasteiger partial charge in [0.1, 0.15) is 0 Å². The highest BCUT2D eigenvalue weighted by Crippen LogP contribution is 2.03. The van der Waals surface area contributed by atoms with Crippen LogP contribution in [0.2, 0.25) is 0 Å². The molecule has 3 N–H and O–H groups in total. The number of hydrazone groups is 1. The first-order valence-corrected chi connectivity index (χ1v) is 3.69. The Kier molecular flexibility index (Phi) is 4.04. The highest BCUT2D eigenvalue weighted by molar-refractivity contribution is 5.98. The van der Waals surface area contributed by atoms with Gasteiger partial charge in [0.15, 0.2) is 0 Å². The summed E-state index contributed by atoms with van der Waals surface area (Å²) in [5, 5.41) is 3.78. The molecule has 0 aromatic heterocycles. The van der Waals surface area contributed by atoms with Gasteiger partial charge in [-0.1, -0.05) is 5.57 Å². The van der Waals surface area contributed by atoms with Gasteiger partial charge in [-0.05, 0) is 33.3 Å². The molecule has 2 amide bonds. The summed E-state index contributed by atoms with van der Waals surface area (Å²) in [4.78, 5) is 10.3. The Balaban J connectivity index is 4.39. The fraction of sp³-hybridized carbons (Fsp3) is 0.500. The molecule has 0 heterocycles. The largest absolute Gasteiger partial charge is 0.350 e. The molecule has 0 saturated heterocycles. The summed E-state index contributed by atoms with van der Waals surface area (Å²) in [6, 6.07) is -0.643. The maximum Gasteiger partial charge on any atom is 0.332 e. The molecule has 0 unspecified atom stereocenters. The van der Waals surface area contributed by atoms with Crippen LogP contribution in [-0.4, -0.2) is 11.7 Å². The van der Waals surface area contributed by atoms with E-state index in [1.54, 1.807) is 0 Å². The average Bonchev–Trinajstić information content (AvgIpc) is 1.98. The highest BCUT2D eigenvalue weighted by atomic mass is 16.2. The van der Waals surface area contributed by atoms with Crippen LogP contribution in [0.15, 0.2) is 16.2 Å². The van der Waals surface area contributed by atoms with E-state index in [0.29, 0.717) is 0 Å². The third-order valence-electron chi connectivity index (χ3n) is 1.63. The van der Waals surface area contributed by atoms with E-state index in [4.69, 9.17) is 5.73 Å². The summed E-state index contributed by atoms with van der Waals surface area (Å²) in [5.41, 5.74) is 10.0. The molecule has 0 bridgehead atoms. The van der Waals surface area contributed by atoms with Gasteiger partial charge in [-0.25, -0.2) is 10.2 Å². The van der Waals surface area contributed by atoms with E-state index >= 15 is 0 Å². The van der Waals surface area contributed by atoms with Gasteiger partial charge in [0.25, 0.3) is 0 Å². The van der Waals surface area contributed by atoms with E-state index in [0.717, 1.165) is 11.3 Å². The van der Waals surface area contributed by atoms with Gasteiger partial charge in [-0.15, -0.1) is 0 Å². The monoisotopic (exact) mass is 169 g/mol. The van der Waals surface area contributed by atoms with Crippen molar-refractivity contribution < 1.29 is 4.79 Å². The zero-order valence-electron chi connectivity index (χ0n) is 7.93. The Morgan fingerprint density at radius 2 is 1.75 bits per heavy atom. The number of carbonyl (C=O) groups is 1. The maximum absolute atomic E-state index is 10.3. The molecular formula is C8H15N3O. The number of nitrogens with two attached hydrogens (primary N) is 1. The maximum atomic E-state index is 10.3. The van der Waals surface area contributed by atoms with Crippen molar-refractivity contribution in [2.24, 2.45) is 10.8 Å². The summed E-state index contributed by atoms with van der Waals surface area (Å²) >= 11 is 0. The van der Waals surface area contributed by atoms with Gasteiger partial charge in [0.2, 0.25) is 0 Å². The topological polar surface area (TPSA) is 67.5 Å². The predicted octanol–water partition coefficient (Wildman–Crippen LogP) is 1.39. The summed E-state index contributed by atoms with van der Waals surface area (Å²) in [6.07, 6.45) is 0. The van der Waals surface area contributed by atoms with Crippen LogP contribution >= 0.6 is 0 Å². The lowest BCUT2D eigenvalue weighted by Gasteiger charge is -2.02. The molecule has 0 aliphatic carbocycles. The van der Waals surface area contributed by atoms with Gasteiger partial charge < -0.3 is 5.73 Å². The number of hydrogen-bond acceptors (Lipinski definition) is 2. The molecule has 0 rings (SSSR count). The lowest BCUT2D eigenvalue weighted by atomic mass is 10.1. The third-order valence-corrected chi connectivity index (χ3v) is 1.63. The Morgan fingerprint density at radius 1 is 1.25 bits per heavy atom. The van der Waals surface area contributed by atoms with Crippen LogP contribution in [0.25, 0.3) is 0 Å². The first kappa shape index (κ1) is 10.7. The summed E-state index contributed by atoms with van der Waals surface area (Å²) in [6.45, 7) is 7.73. The fourth-order valence-corrected chi connectivity index (χ4v) is 0.585. The second kappa shape index (κ2) is 4.54. The normalized spacial score (nSPS) is 10.8. The molecule has 0 aromatic rings. The van der Waals surface area contributed by atoms with Crippen molar-refractivity contribution in [1.29, 1.82) is 0 Å². The van der Waals surface area contributed by atoms with E-state index in [-0.39, 0.29) is 0 Å². The van der Waals surface area contributed by atoms with Gasteiger partial charge >= 0.3 is 6.03 Å². The number of urea groups is 1. The summed E-state index contributed by atoms with van der Waals surface area (Å²) in [7, 11) is 0. The third kappa shape index (κ3) is 3.75. The molecule has 0 aromatic carbocycles. The van der Waals surface area contributed by atoms with Crippen molar-refractivity contribution in [2.45, 2.75) is 27.7 Å². The quantitative estimate of drug-likeness (QED) is 0.476. The number of carbonyl (C=O) groups excluding carboxylic acids is 1. The standard InChI is InChI=1S/C8H15N3O/c1-5(2)6(3)7(4)10-11-8(9)12/h1-4H3,(H3,9,11,12). The van der Waals surface area contributed by atoms with Crippen molar-refractivity contribution in [2.75, 3.05) is 0 Å². The van der Waals surface area contributed by atoms with Gasteiger partial charge in [-0.2, -0.15) is 5.10 Å². The Morgan fingerprint density at radius 3 is 2.08 bits per heavy atom. The van der Waals surface area contributed by atoms with Gasteiger partial charge in [-0.3, -0.25) is 0 Å². The minimum atomic E-state index is -0.643. The second-order valence-corrected chi connectivity index (χ2v) is 2.80. The number of rotatable bonds is 2. The first-order valence-electron chi connectivity index (χ1n) is 3.69. The van der Waals surface area contributed by atoms with E-state index in [1.807, 2.05) is 27.7 Å². The lowest BCUT2D eigenvalue weighted by Crippen LogP contribution is -2.25. The molecule has 68 valence electrons. The average molecular weight is 169 g/mol. The van der Waals surface area contributed by atoms with Gasteiger partial charge in [0.05, 0.1) is 5.71 Å². The number of allylic oxidation sites excluding steroid dienone is 2. The van der Waals surface area contributed by atoms with Crippen LogP contribution in [-0.2, 0) is 0 Å². The highest BCUT2D eigenvalue weighted by Gasteiger charge is 1.97. The molecule has 12 heavy (non-hydrogen) atoms. The Bertz CT molecular complexity index is 237. The molecule has 0 fully saturated rings. The number of nitrogens with zero attached hydrogens (tertiary/aromatic N) is 1. The number of amides is 2. The summed E-state index contributed by atoms with van der Waals surface area (Å²) < 4.78 is 0. The summed E-state index contributed by atoms with van der Waals surface area (Å²) in [5.74, 6) is 0. The van der Waals surface area contributed by atoms with E-state index in [1.165, 1.54) is 5.57 Å². The molecular weight excluding hydrogens is 154 g/mol. The molecule has 0 saturated carbocycles. The Hall–Kier alpha value is -1.32. The van der Waals surface area contributed by atoms with Gasteiger partial charge in [0, 0.05) is 0 Å². The number of hydrogen-bond donors (Lipinski definition) is 2. The Labute approximate surface area is 72.5 Å². The van der Waals surface area contributed by atoms with Crippen LogP contribution in [0, 0.1) is 0 Å². The van der Waals surface area contributed by atoms with Crippen molar-refractivity contribution in [1.82, 2.24) is 5.43 Å². The minimum absolute atomic E-state index is 0.643. The predicted molar refractivity (Wildman–Crippen MR) is 49.9 cm³/mol. The number of primary amides is 1. The van der Waals surface area contributed by atoms with E-state index in [2.05, 4.69) is 10.5 Å². The molecule has 0 aliphatic rings. The zero-order valence-corrected chi connectivity index (χ0v) is 7.93. The molecule has 0 aliphatic heterocycles. The van der Waals surface area contributed by atoms with Crippen molar-refractivity contribution in [3.63, 3.8) is 0 Å². The van der Waals surface area contributed by atoms with Crippen LogP contribution in [0.5, 0.6) is 0 Å². The van der Waals surface area contributed by atoms with Crippen LogP contribution < -0.4 is 11.2 Å². The van der Waals surface area contributed by atoms with Crippen molar-refractivity contribution in [3.8, 4) is 0 Å². The molecule has 4 heteroatoms. The lowest BCUT2D eigenvalue weighted by molar-refractivity contribution is 0.249. The van der Waals surface area contributed by atoms with Crippen molar-refractivity contribution in [3.05, 3.63) is 11.1 Å². The number of nitrogens with one attached hydrogen (secondary N) is 1. The molecule has 4 nitrogen and oxygen atoms in total. The fourth-order valence-electron chi connectivity index (χ4n) is 0.585. The SMILES string of the molecule is CC(=NNC(N)=O)C(C)=C(C)C. The van der Waals surface area contributed by atoms with E-state index < -0.39 is 6.03 Å². The molecule has 0 atom stereocenters. The van der Waals surface area contributed by atoms with Crippen LogP contribution in [0.4, 0.5) is 4.79 Å². The second-order valence-electron chi connectivity index (χ2n) is 2.80. The van der Waals surface area contributed by atoms with Crippen molar-refractivity contribution >= 4 is 11.7 Å². The minimum Gasteiger partial charge on any atom is -0.350 e. The first-order chi connectivity index (χ1) is 5.45.